The van der Waals surface area contributed by atoms with Crippen molar-refractivity contribution in [3.8, 4) is 5.75 Å². The number of nitrogens with one attached hydrogen (secondary N) is 1. The Hall–Kier alpha value is -2.51. The number of ketones is 1. The number of hydrogen-bond donors (Lipinski definition) is 2. The van der Waals surface area contributed by atoms with Crippen LogP contribution in [0, 0.1) is 5.41 Å². The van der Waals surface area contributed by atoms with Gasteiger partial charge in [0.25, 0.3) is 5.78 Å². The van der Waals surface area contributed by atoms with Gasteiger partial charge in [-0.2, -0.15) is 13.2 Å². The van der Waals surface area contributed by atoms with E-state index in [9.17, 15) is 27.9 Å². The van der Waals surface area contributed by atoms with Gasteiger partial charge in [-0.25, -0.2) is 4.79 Å². The molecule has 2 N–H and O–H groups in total. The van der Waals surface area contributed by atoms with Gasteiger partial charge in [0, 0.05) is 23.1 Å². The summed E-state index contributed by atoms with van der Waals surface area (Å²) in [6, 6.07) is 5.21. The summed E-state index contributed by atoms with van der Waals surface area (Å²) < 4.78 is 44.2. The van der Waals surface area contributed by atoms with Gasteiger partial charge in [-0.1, -0.05) is 25.0 Å². The average Bonchev–Trinajstić information content (AvgIpc) is 3.12. The lowest BCUT2D eigenvalue weighted by Gasteiger charge is -2.44. The molecular formula is C20H22F3NO4. The van der Waals surface area contributed by atoms with Gasteiger partial charge in [-0.3, -0.25) is 4.79 Å². The molecule has 28 heavy (non-hydrogen) atoms. The molecule has 1 aromatic rings. The van der Waals surface area contributed by atoms with Crippen molar-refractivity contribution in [2.75, 3.05) is 7.11 Å². The zero-order chi connectivity index (χ0) is 20.5. The van der Waals surface area contributed by atoms with Gasteiger partial charge in [0.1, 0.15) is 11.8 Å². The standard InChI is InChI=1S/C20H22F3NO4/c1-28-18(27)14(10-12-4-6-13(25)7-5-12)24-15-11-19(8-2-3-9-19)16(15)17(26)20(21,22)23/h4-7,14,24-25H,2-3,8-11H2,1H3. The number of methoxy groups -OCH3 is 1. The van der Waals surface area contributed by atoms with Crippen molar-refractivity contribution in [1.82, 2.24) is 5.32 Å². The van der Waals surface area contributed by atoms with E-state index < -0.39 is 29.4 Å². The summed E-state index contributed by atoms with van der Waals surface area (Å²) in [5.41, 5.74) is -0.0795. The highest BCUT2D eigenvalue weighted by Gasteiger charge is 2.56. The molecule has 5 nitrogen and oxygen atoms in total. The van der Waals surface area contributed by atoms with Crippen molar-refractivity contribution in [1.29, 1.82) is 0 Å². The third kappa shape index (κ3) is 3.86. The normalized spacial score (nSPS) is 19.3. The molecule has 0 aliphatic heterocycles. The van der Waals surface area contributed by atoms with Crippen molar-refractivity contribution in [2.45, 2.75) is 50.7 Å². The molecule has 3 rings (SSSR count). The van der Waals surface area contributed by atoms with Crippen LogP contribution in [0.4, 0.5) is 13.2 Å². The number of ether oxygens (including phenoxy) is 1. The van der Waals surface area contributed by atoms with E-state index in [0.717, 1.165) is 12.8 Å². The van der Waals surface area contributed by atoms with E-state index in [2.05, 4.69) is 5.32 Å². The molecule has 0 aromatic heterocycles. The fraction of sp³-hybridized carbons (Fsp3) is 0.500. The summed E-state index contributed by atoms with van der Waals surface area (Å²) in [6.07, 6.45) is -1.79. The Labute approximate surface area is 160 Å². The van der Waals surface area contributed by atoms with Crippen molar-refractivity contribution in [3.63, 3.8) is 0 Å². The molecule has 0 amide bonds. The number of Topliss-reactive ketones (excluding diaryl/α,β-unsaturated/α-hetero) is 1. The van der Waals surface area contributed by atoms with Crippen molar-refractivity contribution >= 4 is 11.8 Å². The Morgan fingerprint density at radius 2 is 1.82 bits per heavy atom. The molecule has 0 heterocycles. The lowest BCUT2D eigenvalue weighted by Crippen LogP contribution is -2.49. The van der Waals surface area contributed by atoms with Crippen LogP contribution in [0.15, 0.2) is 35.5 Å². The molecule has 1 atom stereocenters. The lowest BCUT2D eigenvalue weighted by atomic mass is 9.63. The maximum Gasteiger partial charge on any atom is 0.454 e. The number of allylic oxidation sites excluding steroid dienone is 2. The van der Waals surface area contributed by atoms with E-state index in [4.69, 9.17) is 4.74 Å². The minimum absolute atomic E-state index is 0.0641. The minimum atomic E-state index is -4.95. The molecule has 2 aliphatic rings. The van der Waals surface area contributed by atoms with Crippen LogP contribution in [0.25, 0.3) is 0 Å². The second-order valence-electron chi connectivity index (χ2n) is 7.44. The Balaban J connectivity index is 1.88. The van der Waals surface area contributed by atoms with Crippen LogP contribution in [0.1, 0.15) is 37.7 Å². The van der Waals surface area contributed by atoms with E-state index in [1.54, 1.807) is 12.1 Å². The van der Waals surface area contributed by atoms with Crippen molar-refractivity contribution in [3.05, 3.63) is 41.1 Å². The highest BCUT2D eigenvalue weighted by Crippen LogP contribution is 2.57. The largest absolute Gasteiger partial charge is 0.508 e. The number of benzene rings is 1. The van der Waals surface area contributed by atoms with Crippen LogP contribution >= 0.6 is 0 Å². The molecule has 2 aliphatic carbocycles. The van der Waals surface area contributed by atoms with Gasteiger partial charge in [0.15, 0.2) is 0 Å². The third-order valence-corrected chi connectivity index (χ3v) is 5.60. The van der Waals surface area contributed by atoms with Gasteiger partial charge in [-0.15, -0.1) is 0 Å². The monoisotopic (exact) mass is 397 g/mol. The number of halogens is 3. The van der Waals surface area contributed by atoms with Gasteiger partial charge < -0.3 is 15.2 Å². The molecular weight excluding hydrogens is 375 g/mol. The molecule has 1 fully saturated rings. The van der Waals surface area contributed by atoms with Crippen LogP contribution in [0.3, 0.4) is 0 Å². The first-order valence-corrected chi connectivity index (χ1v) is 9.14. The van der Waals surface area contributed by atoms with E-state index in [-0.39, 0.29) is 23.4 Å². The number of esters is 1. The topological polar surface area (TPSA) is 75.6 Å². The summed E-state index contributed by atoms with van der Waals surface area (Å²) >= 11 is 0. The average molecular weight is 397 g/mol. The van der Waals surface area contributed by atoms with E-state index in [0.29, 0.717) is 24.8 Å². The number of phenolic OH excluding ortho intramolecular Hbond substituents is 1. The predicted octanol–water partition coefficient (Wildman–Crippen LogP) is 3.42. The molecule has 1 spiro atoms. The first-order chi connectivity index (χ1) is 13.2. The predicted molar refractivity (Wildman–Crippen MR) is 94.4 cm³/mol. The zero-order valence-corrected chi connectivity index (χ0v) is 15.4. The Morgan fingerprint density at radius 1 is 1.21 bits per heavy atom. The van der Waals surface area contributed by atoms with Gasteiger partial charge in [-0.05, 0) is 37.0 Å². The van der Waals surface area contributed by atoms with Crippen molar-refractivity contribution < 1.29 is 32.6 Å². The Kier molecular flexibility index (Phi) is 5.41. The first-order valence-electron chi connectivity index (χ1n) is 9.14. The zero-order valence-electron chi connectivity index (χ0n) is 15.4. The number of carbonyl (C=O) groups excluding carboxylic acids is 2. The SMILES string of the molecule is COC(=O)C(Cc1ccc(O)cc1)NC1=C(C(=O)C(F)(F)F)C2(CCCC2)C1. The number of carbonyl (C=O) groups is 2. The van der Waals surface area contributed by atoms with Crippen LogP contribution < -0.4 is 5.32 Å². The molecule has 1 aromatic carbocycles. The molecule has 0 bridgehead atoms. The minimum Gasteiger partial charge on any atom is -0.508 e. The molecule has 0 radical (unpaired) electrons. The van der Waals surface area contributed by atoms with E-state index >= 15 is 0 Å². The van der Waals surface area contributed by atoms with Gasteiger partial charge >= 0.3 is 12.1 Å². The highest BCUT2D eigenvalue weighted by atomic mass is 19.4. The summed E-state index contributed by atoms with van der Waals surface area (Å²) in [6.45, 7) is 0. The molecule has 152 valence electrons. The third-order valence-electron chi connectivity index (χ3n) is 5.60. The van der Waals surface area contributed by atoms with E-state index in [1.165, 1.54) is 19.2 Å². The molecule has 1 saturated carbocycles. The molecule has 1 unspecified atom stereocenters. The number of rotatable bonds is 6. The second-order valence-corrected chi connectivity index (χ2v) is 7.44. The smallest absolute Gasteiger partial charge is 0.454 e. The molecule has 0 saturated heterocycles. The van der Waals surface area contributed by atoms with Crippen LogP contribution in [-0.2, 0) is 20.7 Å². The second kappa shape index (κ2) is 7.48. The fourth-order valence-electron chi connectivity index (χ4n) is 4.26. The van der Waals surface area contributed by atoms with Gasteiger partial charge in [0.2, 0.25) is 0 Å². The lowest BCUT2D eigenvalue weighted by molar-refractivity contribution is -0.168. The molecule has 8 heteroatoms. The summed E-state index contributed by atoms with van der Waals surface area (Å²) in [5, 5.41) is 12.2. The van der Waals surface area contributed by atoms with Crippen LogP contribution in [-0.4, -0.2) is 36.2 Å². The Bertz CT molecular complexity index is 793. The fourth-order valence-corrected chi connectivity index (χ4v) is 4.26. The Morgan fingerprint density at radius 3 is 2.36 bits per heavy atom. The first kappa shape index (κ1) is 20.2. The maximum absolute atomic E-state index is 13.2. The summed E-state index contributed by atoms with van der Waals surface area (Å²) in [7, 11) is 1.20. The van der Waals surface area contributed by atoms with Gasteiger partial charge in [0.05, 0.1) is 7.11 Å². The highest BCUT2D eigenvalue weighted by molar-refractivity contribution is 6.03. The summed E-state index contributed by atoms with van der Waals surface area (Å²) in [4.78, 5) is 24.2. The number of hydrogen-bond acceptors (Lipinski definition) is 5. The number of phenols is 1. The van der Waals surface area contributed by atoms with Crippen molar-refractivity contribution in [2.24, 2.45) is 5.41 Å². The van der Waals surface area contributed by atoms with Crippen LogP contribution in [0.5, 0.6) is 5.75 Å². The maximum atomic E-state index is 13.2. The van der Waals surface area contributed by atoms with E-state index in [1.807, 2.05) is 0 Å². The van der Waals surface area contributed by atoms with Crippen LogP contribution in [0.2, 0.25) is 0 Å². The summed E-state index contributed by atoms with van der Waals surface area (Å²) in [5.74, 6) is -2.39. The number of aromatic hydroxyl groups is 1. The number of alkyl halides is 3. The quantitative estimate of drug-likeness (QED) is 0.720.